The summed E-state index contributed by atoms with van der Waals surface area (Å²) in [4.78, 5) is 12.5. The SMILES string of the molecule is O=C1CC2C=CC=C2C2CC=C3CCCCC3C12. The van der Waals surface area contributed by atoms with Crippen molar-refractivity contribution in [1.29, 1.82) is 0 Å². The van der Waals surface area contributed by atoms with Crippen molar-refractivity contribution in [2.75, 3.05) is 0 Å². The van der Waals surface area contributed by atoms with Gasteiger partial charge in [-0.3, -0.25) is 4.79 Å². The Labute approximate surface area is 109 Å². The summed E-state index contributed by atoms with van der Waals surface area (Å²) in [5, 5.41) is 0. The number of rotatable bonds is 0. The van der Waals surface area contributed by atoms with E-state index in [2.05, 4.69) is 24.3 Å². The zero-order chi connectivity index (χ0) is 12.1. The van der Waals surface area contributed by atoms with Crippen molar-refractivity contribution in [1.82, 2.24) is 0 Å². The van der Waals surface area contributed by atoms with Crippen LogP contribution in [0.2, 0.25) is 0 Å². The van der Waals surface area contributed by atoms with E-state index in [4.69, 9.17) is 0 Å². The monoisotopic (exact) mass is 240 g/mol. The average molecular weight is 240 g/mol. The van der Waals surface area contributed by atoms with Gasteiger partial charge in [0.2, 0.25) is 0 Å². The maximum Gasteiger partial charge on any atom is 0.138 e. The van der Waals surface area contributed by atoms with Crippen LogP contribution in [0.15, 0.2) is 35.5 Å². The van der Waals surface area contributed by atoms with E-state index in [9.17, 15) is 4.79 Å². The van der Waals surface area contributed by atoms with Crippen LogP contribution < -0.4 is 0 Å². The molecule has 4 atom stereocenters. The zero-order valence-corrected chi connectivity index (χ0v) is 10.8. The molecule has 4 aliphatic rings. The lowest BCUT2D eigenvalue weighted by atomic mass is 9.58. The molecule has 0 aromatic heterocycles. The predicted molar refractivity (Wildman–Crippen MR) is 72.0 cm³/mol. The normalized spacial score (nSPS) is 41.7. The number of fused-ring (bicyclic) bond motifs is 5. The molecule has 1 nitrogen and oxygen atoms in total. The minimum absolute atomic E-state index is 0.327. The van der Waals surface area contributed by atoms with E-state index in [1.807, 2.05) is 0 Å². The third kappa shape index (κ3) is 1.43. The highest BCUT2D eigenvalue weighted by molar-refractivity contribution is 5.85. The van der Waals surface area contributed by atoms with Crippen LogP contribution in [0.4, 0.5) is 0 Å². The molecule has 0 N–H and O–H groups in total. The first-order valence-corrected chi connectivity index (χ1v) is 7.44. The molecular weight excluding hydrogens is 220 g/mol. The molecule has 4 unspecified atom stereocenters. The van der Waals surface area contributed by atoms with Crippen molar-refractivity contribution < 1.29 is 4.79 Å². The zero-order valence-electron chi connectivity index (χ0n) is 10.8. The second-order valence-corrected chi connectivity index (χ2v) is 6.33. The van der Waals surface area contributed by atoms with Gasteiger partial charge in [0.1, 0.15) is 5.78 Å². The van der Waals surface area contributed by atoms with Crippen molar-refractivity contribution in [2.24, 2.45) is 23.7 Å². The van der Waals surface area contributed by atoms with Crippen LogP contribution in [0.3, 0.4) is 0 Å². The summed E-state index contributed by atoms with van der Waals surface area (Å²) in [5.74, 6) is 2.43. The summed E-state index contributed by atoms with van der Waals surface area (Å²) in [5.41, 5.74) is 3.17. The first kappa shape index (κ1) is 10.8. The van der Waals surface area contributed by atoms with Gasteiger partial charge < -0.3 is 0 Å². The Kier molecular flexibility index (Phi) is 2.36. The Balaban J connectivity index is 1.73. The maximum absolute atomic E-state index is 12.5. The molecule has 0 aromatic rings. The van der Waals surface area contributed by atoms with Crippen LogP contribution in [0.1, 0.15) is 38.5 Å². The summed E-state index contributed by atoms with van der Waals surface area (Å²) in [7, 11) is 0. The molecule has 2 fully saturated rings. The van der Waals surface area contributed by atoms with Crippen LogP contribution in [-0.4, -0.2) is 5.78 Å². The fourth-order valence-electron chi connectivity index (χ4n) is 4.70. The molecule has 0 heterocycles. The molecule has 0 aromatic carbocycles. The third-order valence-electron chi connectivity index (χ3n) is 5.49. The maximum atomic E-state index is 12.5. The molecule has 0 spiro atoms. The highest BCUT2D eigenvalue weighted by Gasteiger charge is 2.46. The highest BCUT2D eigenvalue weighted by Crippen LogP contribution is 2.51. The van der Waals surface area contributed by atoms with Gasteiger partial charge in [-0.25, -0.2) is 0 Å². The Morgan fingerprint density at radius 1 is 1.17 bits per heavy atom. The molecule has 4 aliphatic carbocycles. The third-order valence-corrected chi connectivity index (χ3v) is 5.49. The Hall–Kier alpha value is -1.11. The lowest BCUT2D eigenvalue weighted by Gasteiger charge is -2.45. The molecule has 0 bridgehead atoms. The van der Waals surface area contributed by atoms with Gasteiger partial charge in [-0.1, -0.05) is 41.9 Å². The molecule has 0 aliphatic heterocycles. The first-order valence-electron chi connectivity index (χ1n) is 7.44. The van der Waals surface area contributed by atoms with Crippen LogP contribution in [-0.2, 0) is 4.79 Å². The average Bonchev–Trinajstić information content (AvgIpc) is 2.86. The number of carbonyl (C=O) groups excluding carboxylic acids is 1. The van der Waals surface area contributed by atoms with Crippen LogP contribution in [0.5, 0.6) is 0 Å². The van der Waals surface area contributed by atoms with Crippen molar-refractivity contribution in [3.8, 4) is 0 Å². The highest BCUT2D eigenvalue weighted by atomic mass is 16.1. The van der Waals surface area contributed by atoms with E-state index in [0.717, 1.165) is 12.8 Å². The molecule has 4 rings (SSSR count). The van der Waals surface area contributed by atoms with E-state index in [1.54, 1.807) is 11.1 Å². The van der Waals surface area contributed by atoms with E-state index in [0.29, 0.717) is 29.5 Å². The number of Topliss-reactive ketones (excluding diaryl/α,β-unsaturated/α-hetero) is 1. The van der Waals surface area contributed by atoms with Gasteiger partial charge in [-0.15, -0.1) is 0 Å². The van der Waals surface area contributed by atoms with Crippen LogP contribution in [0.25, 0.3) is 0 Å². The van der Waals surface area contributed by atoms with E-state index >= 15 is 0 Å². The minimum atomic E-state index is 0.327. The molecule has 1 heteroatoms. The van der Waals surface area contributed by atoms with Crippen LogP contribution >= 0.6 is 0 Å². The largest absolute Gasteiger partial charge is 0.299 e. The lowest BCUT2D eigenvalue weighted by Crippen LogP contribution is -2.42. The summed E-state index contributed by atoms with van der Waals surface area (Å²) in [6, 6.07) is 0. The molecule has 0 saturated heterocycles. The number of hydrogen-bond acceptors (Lipinski definition) is 1. The van der Waals surface area contributed by atoms with Gasteiger partial charge in [0.25, 0.3) is 0 Å². The van der Waals surface area contributed by atoms with E-state index < -0.39 is 0 Å². The second kappa shape index (κ2) is 3.94. The van der Waals surface area contributed by atoms with Crippen molar-refractivity contribution in [3.05, 3.63) is 35.5 Å². The fourth-order valence-corrected chi connectivity index (χ4v) is 4.70. The first-order chi connectivity index (χ1) is 8.84. The molecule has 18 heavy (non-hydrogen) atoms. The predicted octanol–water partition coefficient (Wildman–Crippen LogP) is 3.82. The summed E-state index contributed by atoms with van der Waals surface area (Å²) >= 11 is 0. The Bertz CT molecular complexity index is 480. The quantitative estimate of drug-likeness (QED) is 0.588. The number of ketones is 1. The molecule has 2 saturated carbocycles. The summed E-state index contributed by atoms with van der Waals surface area (Å²) in [6.45, 7) is 0. The molecule has 0 amide bonds. The number of carbonyl (C=O) groups is 1. The Morgan fingerprint density at radius 3 is 3.06 bits per heavy atom. The van der Waals surface area contributed by atoms with Gasteiger partial charge in [-0.05, 0) is 37.5 Å². The number of hydrogen-bond donors (Lipinski definition) is 0. The summed E-state index contributed by atoms with van der Waals surface area (Å²) < 4.78 is 0. The molecule has 0 radical (unpaired) electrons. The van der Waals surface area contributed by atoms with Gasteiger partial charge >= 0.3 is 0 Å². The standard InChI is InChI=1S/C17H20O/c18-16-10-12-5-3-7-13(12)15-9-8-11-4-1-2-6-14(11)17(15)16/h3,5,7-8,12,14-15,17H,1-2,4,6,9-10H2. The summed E-state index contributed by atoms with van der Waals surface area (Å²) in [6.07, 6.45) is 16.2. The lowest BCUT2D eigenvalue weighted by molar-refractivity contribution is -0.128. The van der Waals surface area contributed by atoms with Gasteiger partial charge in [0.15, 0.2) is 0 Å². The fraction of sp³-hybridized carbons (Fsp3) is 0.588. The second-order valence-electron chi connectivity index (χ2n) is 6.33. The van der Waals surface area contributed by atoms with Crippen molar-refractivity contribution >= 4 is 5.78 Å². The smallest absolute Gasteiger partial charge is 0.138 e. The van der Waals surface area contributed by atoms with Crippen LogP contribution in [0, 0.1) is 23.7 Å². The topological polar surface area (TPSA) is 17.1 Å². The minimum Gasteiger partial charge on any atom is -0.299 e. The molecular formula is C17H20O. The van der Waals surface area contributed by atoms with Gasteiger partial charge in [0, 0.05) is 18.3 Å². The van der Waals surface area contributed by atoms with Crippen molar-refractivity contribution in [2.45, 2.75) is 38.5 Å². The number of allylic oxidation sites excluding steroid dienone is 6. The van der Waals surface area contributed by atoms with Gasteiger partial charge in [-0.2, -0.15) is 0 Å². The van der Waals surface area contributed by atoms with E-state index in [1.165, 1.54) is 25.7 Å². The van der Waals surface area contributed by atoms with E-state index in [-0.39, 0.29) is 0 Å². The van der Waals surface area contributed by atoms with Gasteiger partial charge in [0.05, 0.1) is 0 Å². The molecule has 94 valence electrons. The Morgan fingerprint density at radius 2 is 2.11 bits per heavy atom. The van der Waals surface area contributed by atoms with Crippen molar-refractivity contribution in [3.63, 3.8) is 0 Å².